The molecular formula is C18H18N4S2. The molecule has 0 amide bonds. The van der Waals surface area contributed by atoms with Crippen molar-refractivity contribution in [3.05, 3.63) is 45.6 Å². The van der Waals surface area contributed by atoms with Crippen LogP contribution in [0.4, 0.5) is 0 Å². The molecule has 0 fully saturated rings. The highest BCUT2D eigenvalue weighted by atomic mass is 32.2. The molecule has 1 aromatic carbocycles. The summed E-state index contributed by atoms with van der Waals surface area (Å²) in [5.41, 5.74) is 3.36. The highest BCUT2D eigenvalue weighted by Gasteiger charge is 2.33. The van der Waals surface area contributed by atoms with Crippen LogP contribution in [0.25, 0.3) is 16.8 Å². The van der Waals surface area contributed by atoms with Crippen LogP contribution in [-0.2, 0) is 0 Å². The van der Waals surface area contributed by atoms with Crippen LogP contribution in [0.3, 0.4) is 0 Å². The molecule has 0 aliphatic carbocycles. The maximum absolute atomic E-state index is 9.76. The van der Waals surface area contributed by atoms with Gasteiger partial charge in [0.05, 0.1) is 16.3 Å². The molecule has 122 valence electrons. The summed E-state index contributed by atoms with van der Waals surface area (Å²) in [6.07, 6.45) is 0. The molecule has 0 saturated carbocycles. The molecule has 1 aliphatic rings. The van der Waals surface area contributed by atoms with E-state index in [-0.39, 0.29) is 5.41 Å². The van der Waals surface area contributed by atoms with E-state index in [9.17, 15) is 5.26 Å². The number of nitrogens with zero attached hydrogens (tertiary/aromatic N) is 4. The van der Waals surface area contributed by atoms with Gasteiger partial charge in [-0.2, -0.15) is 10.4 Å². The van der Waals surface area contributed by atoms with Crippen molar-refractivity contribution in [1.29, 1.82) is 5.26 Å². The first-order valence-electron chi connectivity index (χ1n) is 7.57. The third-order valence-electron chi connectivity index (χ3n) is 3.52. The van der Waals surface area contributed by atoms with Crippen molar-refractivity contribution < 1.29 is 0 Å². The second-order valence-electron chi connectivity index (χ2n) is 6.47. The molecule has 4 nitrogen and oxygen atoms in total. The second-order valence-corrected chi connectivity index (χ2v) is 8.45. The number of hydrogen-bond acceptors (Lipinski definition) is 6. The highest BCUT2D eigenvalue weighted by Crippen LogP contribution is 2.41. The third kappa shape index (κ3) is 3.23. The van der Waals surface area contributed by atoms with Crippen molar-refractivity contribution in [3.8, 4) is 17.3 Å². The summed E-state index contributed by atoms with van der Waals surface area (Å²) in [6.45, 7) is 6.33. The van der Waals surface area contributed by atoms with Crippen LogP contribution in [0.15, 0.2) is 45.7 Å². The fourth-order valence-electron chi connectivity index (χ4n) is 2.36. The van der Waals surface area contributed by atoms with Crippen molar-refractivity contribution in [1.82, 2.24) is 9.40 Å². The Hall–Kier alpha value is -2.10. The molecule has 0 saturated heterocycles. The Balaban J connectivity index is 2.06. The average molecular weight is 355 g/mol. The minimum absolute atomic E-state index is 0.130. The zero-order valence-corrected chi connectivity index (χ0v) is 15.7. The summed E-state index contributed by atoms with van der Waals surface area (Å²) in [4.78, 5) is 5.59. The number of hydrogen-bond donors (Lipinski definition) is 0. The van der Waals surface area contributed by atoms with Crippen LogP contribution in [0, 0.1) is 16.7 Å². The lowest BCUT2D eigenvalue weighted by atomic mass is 9.88. The highest BCUT2D eigenvalue weighted by molar-refractivity contribution is 8.02. The summed E-state index contributed by atoms with van der Waals surface area (Å²) in [6, 6.07) is 12.4. The molecule has 24 heavy (non-hydrogen) atoms. The predicted molar refractivity (Wildman–Crippen MR) is 102 cm³/mol. The Kier molecular flexibility index (Phi) is 4.48. The summed E-state index contributed by atoms with van der Waals surface area (Å²) < 4.78 is 1.80. The lowest BCUT2D eigenvalue weighted by Gasteiger charge is -2.18. The summed E-state index contributed by atoms with van der Waals surface area (Å²) in [5, 5.41) is 17.1. The smallest absolute Gasteiger partial charge is 0.135 e. The maximum atomic E-state index is 9.76. The molecule has 2 aromatic rings. The van der Waals surface area contributed by atoms with Gasteiger partial charge in [-0.25, -0.2) is 9.40 Å². The van der Waals surface area contributed by atoms with Gasteiger partial charge in [-0.05, 0) is 0 Å². The SMILES string of the molecule is CN1N=C(C(C)(C)C)/C(=C(\C#N)c2nc(-c3ccccc3)cs2)S1. The Morgan fingerprint density at radius 1 is 1.21 bits per heavy atom. The number of thiazole rings is 1. The molecule has 1 aliphatic heterocycles. The Bertz CT molecular complexity index is 851. The number of rotatable bonds is 2. The fourth-order valence-corrected chi connectivity index (χ4v) is 4.31. The van der Waals surface area contributed by atoms with Crippen LogP contribution in [0.1, 0.15) is 25.8 Å². The van der Waals surface area contributed by atoms with E-state index in [1.807, 2.05) is 42.8 Å². The van der Waals surface area contributed by atoms with Crippen LogP contribution < -0.4 is 0 Å². The van der Waals surface area contributed by atoms with Gasteiger partial charge in [0.2, 0.25) is 0 Å². The van der Waals surface area contributed by atoms with E-state index < -0.39 is 0 Å². The molecule has 1 aromatic heterocycles. The molecule has 0 spiro atoms. The van der Waals surface area contributed by atoms with Gasteiger partial charge >= 0.3 is 0 Å². The second kappa shape index (κ2) is 6.42. The van der Waals surface area contributed by atoms with Crippen molar-refractivity contribution in [3.63, 3.8) is 0 Å². The minimum Gasteiger partial charge on any atom is -0.237 e. The van der Waals surface area contributed by atoms with Gasteiger partial charge in [-0.3, -0.25) is 0 Å². The molecule has 2 heterocycles. The number of benzene rings is 1. The lowest BCUT2D eigenvalue weighted by molar-refractivity contribution is 0.561. The minimum atomic E-state index is -0.130. The summed E-state index contributed by atoms with van der Waals surface area (Å²) in [7, 11) is 1.90. The van der Waals surface area contributed by atoms with Gasteiger partial charge in [0.1, 0.15) is 16.6 Å². The first-order valence-corrected chi connectivity index (χ1v) is 9.22. The third-order valence-corrected chi connectivity index (χ3v) is 5.30. The molecule has 0 atom stereocenters. The van der Waals surface area contributed by atoms with Crippen molar-refractivity contribution in [2.24, 2.45) is 10.5 Å². The number of hydrazone groups is 1. The molecule has 0 unspecified atom stereocenters. The van der Waals surface area contributed by atoms with Crippen molar-refractivity contribution >= 4 is 34.6 Å². The van der Waals surface area contributed by atoms with Gasteiger partial charge < -0.3 is 0 Å². The number of allylic oxidation sites excluding steroid dienone is 2. The predicted octanol–water partition coefficient (Wildman–Crippen LogP) is 5.04. The van der Waals surface area contributed by atoms with E-state index in [1.54, 1.807) is 4.41 Å². The zero-order chi connectivity index (χ0) is 17.3. The van der Waals surface area contributed by atoms with Gasteiger partial charge in [-0.1, -0.05) is 51.1 Å². The van der Waals surface area contributed by atoms with Gasteiger partial charge in [0, 0.05) is 35.4 Å². The molecular weight excluding hydrogens is 336 g/mol. The Morgan fingerprint density at radius 3 is 2.54 bits per heavy atom. The molecule has 0 bridgehead atoms. The number of nitriles is 1. The van der Waals surface area contributed by atoms with Crippen molar-refractivity contribution in [2.45, 2.75) is 20.8 Å². The molecule has 0 N–H and O–H groups in total. The Morgan fingerprint density at radius 2 is 1.92 bits per heavy atom. The van der Waals surface area contributed by atoms with Gasteiger partial charge in [-0.15, -0.1) is 11.3 Å². The lowest BCUT2D eigenvalue weighted by Crippen LogP contribution is -2.20. The van der Waals surface area contributed by atoms with Gasteiger partial charge in [0.15, 0.2) is 0 Å². The monoisotopic (exact) mass is 354 g/mol. The normalized spacial score (nSPS) is 16.8. The maximum Gasteiger partial charge on any atom is 0.135 e. The first kappa shape index (κ1) is 16.7. The summed E-state index contributed by atoms with van der Waals surface area (Å²) >= 11 is 2.99. The van der Waals surface area contributed by atoms with E-state index >= 15 is 0 Å². The fraction of sp³-hybridized carbons (Fsp3) is 0.278. The summed E-state index contributed by atoms with van der Waals surface area (Å²) in [5.74, 6) is 0. The van der Waals surface area contributed by atoms with E-state index in [0.29, 0.717) is 5.57 Å². The van der Waals surface area contributed by atoms with E-state index in [2.05, 4.69) is 36.9 Å². The van der Waals surface area contributed by atoms with Crippen LogP contribution in [-0.4, -0.2) is 22.2 Å². The topological polar surface area (TPSA) is 52.3 Å². The Labute approximate surface area is 150 Å². The molecule has 3 rings (SSSR count). The van der Waals surface area contributed by atoms with E-state index in [4.69, 9.17) is 0 Å². The quantitative estimate of drug-likeness (QED) is 0.560. The van der Waals surface area contributed by atoms with E-state index in [1.165, 1.54) is 23.3 Å². The molecule has 0 radical (unpaired) electrons. The van der Waals surface area contributed by atoms with E-state index in [0.717, 1.165) is 26.9 Å². The first-order chi connectivity index (χ1) is 11.4. The standard InChI is InChI=1S/C18H18N4S2/c1-18(2,3)16-15(24-22(4)21-16)13(10-19)17-20-14(11-23-17)12-8-6-5-7-9-12/h5-9,11H,1-4H3/b15-13-. The molecule has 6 heteroatoms. The average Bonchev–Trinajstić information content (AvgIpc) is 3.16. The van der Waals surface area contributed by atoms with Crippen molar-refractivity contribution in [2.75, 3.05) is 7.05 Å². The van der Waals surface area contributed by atoms with Crippen LogP contribution in [0.5, 0.6) is 0 Å². The number of aromatic nitrogens is 1. The van der Waals surface area contributed by atoms with Crippen LogP contribution >= 0.6 is 23.3 Å². The van der Waals surface area contributed by atoms with Gasteiger partial charge in [0.25, 0.3) is 0 Å². The largest absolute Gasteiger partial charge is 0.237 e. The zero-order valence-electron chi connectivity index (χ0n) is 14.1. The van der Waals surface area contributed by atoms with Crippen LogP contribution in [0.2, 0.25) is 0 Å².